The fraction of sp³-hybridized carbons (Fsp3) is 0.150. The fourth-order valence-corrected chi connectivity index (χ4v) is 3.24. The van der Waals surface area contributed by atoms with Gasteiger partial charge >= 0.3 is 0 Å². The van der Waals surface area contributed by atoms with Crippen LogP contribution in [0.2, 0.25) is 0 Å². The van der Waals surface area contributed by atoms with Gasteiger partial charge in [-0.25, -0.2) is 9.37 Å². The molecule has 0 bridgehead atoms. The highest BCUT2D eigenvalue weighted by Crippen LogP contribution is 2.27. The highest BCUT2D eigenvalue weighted by Gasteiger charge is 2.13. The molecule has 0 saturated carbocycles. The van der Waals surface area contributed by atoms with Crippen molar-refractivity contribution in [3.8, 4) is 11.3 Å². The number of halogens is 1. The monoisotopic (exact) mass is 399 g/mol. The van der Waals surface area contributed by atoms with Crippen molar-refractivity contribution in [1.29, 1.82) is 0 Å². The molecule has 0 aliphatic carbocycles. The predicted octanol–water partition coefficient (Wildman–Crippen LogP) is 3.63. The van der Waals surface area contributed by atoms with Crippen molar-refractivity contribution in [2.75, 3.05) is 11.1 Å². The summed E-state index contributed by atoms with van der Waals surface area (Å²) in [6.07, 6.45) is 1.87. The maximum Gasteiger partial charge on any atom is 0.227 e. The molecule has 0 fully saturated rings. The van der Waals surface area contributed by atoms with Crippen molar-refractivity contribution < 1.29 is 18.4 Å². The lowest BCUT2D eigenvalue weighted by molar-refractivity contribution is -0.116. The first kappa shape index (κ1) is 19.6. The van der Waals surface area contributed by atoms with Gasteiger partial charge in [-0.2, -0.15) is 0 Å². The van der Waals surface area contributed by atoms with Gasteiger partial charge < -0.3 is 15.5 Å². The van der Waals surface area contributed by atoms with Crippen molar-refractivity contribution in [2.45, 2.75) is 17.7 Å². The number of aryl methyl sites for hydroxylation is 1. The van der Waals surface area contributed by atoms with E-state index in [1.54, 1.807) is 36.4 Å². The number of primary amides is 1. The molecule has 1 heterocycles. The average Bonchev–Trinajstić information content (AvgIpc) is 3.15. The minimum absolute atomic E-state index is 0.127. The van der Waals surface area contributed by atoms with Gasteiger partial charge in [0.05, 0.1) is 23.2 Å². The Kier molecular flexibility index (Phi) is 6.44. The molecule has 3 aromatic rings. The van der Waals surface area contributed by atoms with Gasteiger partial charge in [-0.05, 0) is 24.3 Å². The van der Waals surface area contributed by atoms with Crippen LogP contribution in [-0.4, -0.2) is 22.6 Å². The number of oxazole rings is 1. The number of rotatable bonds is 8. The van der Waals surface area contributed by atoms with E-state index in [1.165, 1.54) is 24.0 Å². The molecular formula is C20H18FN3O3S. The Morgan fingerprint density at radius 2 is 1.89 bits per heavy atom. The summed E-state index contributed by atoms with van der Waals surface area (Å²) < 4.78 is 19.4. The molecule has 0 atom stereocenters. The third-order valence-corrected chi connectivity index (χ3v) is 4.89. The summed E-state index contributed by atoms with van der Waals surface area (Å²) in [5.74, 6) is -0.250. The van der Waals surface area contributed by atoms with E-state index in [2.05, 4.69) is 10.3 Å². The van der Waals surface area contributed by atoms with Gasteiger partial charge in [0.15, 0.2) is 11.7 Å². The molecule has 0 radical (unpaired) electrons. The van der Waals surface area contributed by atoms with Crippen LogP contribution in [0.3, 0.4) is 0 Å². The first-order valence-electron chi connectivity index (χ1n) is 8.52. The number of carbonyl (C=O) groups excluding carboxylic acids is 2. The topological polar surface area (TPSA) is 98.2 Å². The number of aromatic nitrogens is 1. The lowest BCUT2D eigenvalue weighted by atomic mass is 10.2. The minimum atomic E-state index is -0.430. The standard InChI is InChI=1S/C20H18FN3O3S/c21-14-6-2-1-5-13(14)16-11-23-20(27-16)10-9-19(26)24-15-7-3-4-8-17(15)28-12-18(22)25/h1-8,11H,9-10,12H2,(H2,22,25)(H,24,26). The van der Waals surface area contributed by atoms with Crippen LogP contribution in [0, 0.1) is 5.82 Å². The second kappa shape index (κ2) is 9.18. The van der Waals surface area contributed by atoms with Gasteiger partial charge in [-0.15, -0.1) is 11.8 Å². The normalized spacial score (nSPS) is 10.6. The molecule has 144 valence electrons. The molecule has 0 aliphatic heterocycles. The van der Waals surface area contributed by atoms with Gasteiger partial charge in [0.2, 0.25) is 11.8 Å². The van der Waals surface area contributed by atoms with E-state index in [0.29, 0.717) is 22.9 Å². The maximum atomic E-state index is 13.8. The van der Waals surface area contributed by atoms with Crippen molar-refractivity contribution in [3.05, 3.63) is 66.4 Å². The summed E-state index contributed by atoms with van der Waals surface area (Å²) in [6.45, 7) is 0. The number of amides is 2. The second-order valence-corrected chi connectivity index (χ2v) is 6.91. The first-order valence-corrected chi connectivity index (χ1v) is 9.51. The molecule has 1 aromatic heterocycles. The molecular weight excluding hydrogens is 381 g/mol. The van der Waals surface area contributed by atoms with E-state index in [4.69, 9.17) is 10.2 Å². The molecule has 0 unspecified atom stereocenters. The quantitative estimate of drug-likeness (QED) is 0.564. The molecule has 8 heteroatoms. The van der Waals surface area contributed by atoms with E-state index >= 15 is 0 Å². The largest absolute Gasteiger partial charge is 0.441 e. The van der Waals surface area contributed by atoms with E-state index in [-0.39, 0.29) is 24.5 Å². The van der Waals surface area contributed by atoms with Gasteiger partial charge in [-0.1, -0.05) is 24.3 Å². The number of nitrogens with one attached hydrogen (secondary N) is 1. The van der Waals surface area contributed by atoms with E-state index < -0.39 is 11.7 Å². The molecule has 2 amide bonds. The third kappa shape index (κ3) is 5.20. The van der Waals surface area contributed by atoms with E-state index in [1.807, 2.05) is 6.07 Å². The van der Waals surface area contributed by atoms with Crippen molar-refractivity contribution in [2.24, 2.45) is 5.73 Å². The number of anilines is 1. The fourth-order valence-electron chi connectivity index (χ4n) is 2.49. The number of hydrogen-bond acceptors (Lipinski definition) is 5. The summed E-state index contributed by atoms with van der Waals surface area (Å²) in [7, 11) is 0. The zero-order chi connectivity index (χ0) is 19.9. The van der Waals surface area contributed by atoms with Crippen LogP contribution in [0.25, 0.3) is 11.3 Å². The zero-order valence-corrected chi connectivity index (χ0v) is 15.7. The average molecular weight is 399 g/mol. The Hall–Kier alpha value is -3.13. The zero-order valence-electron chi connectivity index (χ0n) is 14.9. The second-order valence-electron chi connectivity index (χ2n) is 5.90. The van der Waals surface area contributed by atoms with Crippen LogP contribution in [0.4, 0.5) is 10.1 Å². The van der Waals surface area contributed by atoms with Crippen molar-refractivity contribution in [3.63, 3.8) is 0 Å². The highest BCUT2D eigenvalue weighted by molar-refractivity contribution is 8.00. The molecule has 3 N–H and O–H groups in total. The number of benzene rings is 2. The first-order chi connectivity index (χ1) is 13.5. The van der Waals surface area contributed by atoms with Crippen molar-refractivity contribution >= 4 is 29.3 Å². The number of para-hydroxylation sites is 1. The summed E-state index contributed by atoms with van der Waals surface area (Å²) >= 11 is 1.26. The summed E-state index contributed by atoms with van der Waals surface area (Å²) in [4.78, 5) is 28.1. The van der Waals surface area contributed by atoms with Crippen LogP contribution in [0.15, 0.2) is 64.0 Å². The maximum absolute atomic E-state index is 13.8. The number of thioether (sulfide) groups is 1. The number of nitrogens with zero attached hydrogens (tertiary/aromatic N) is 1. The third-order valence-electron chi connectivity index (χ3n) is 3.79. The summed E-state index contributed by atoms with van der Waals surface area (Å²) in [5, 5.41) is 2.81. The Morgan fingerprint density at radius 1 is 1.14 bits per heavy atom. The van der Waals surface area contributed by atoms with Crippen LogP contribution < -0.4 is 11.1 Å². The van der Waals surface area contributed by atoms with Gasteiger partial charge in [0.1, 0.15) is 5.82 Å². The highest BCUT2D eigenvalue weighted by atomic mass is 32.2. The Labute approximate surface area is 165 Å². The Balaban J connectivity index is 1.58. The van der Waals surface area contributed by atoms with Crippen LogP contribution in [0.5, 0.6) is 0 Å². The lowest BCUT2D eigenvalue weighted by Gasteiger charge is -2.09. The van der Waals surface area contributed by atoms with Gasteiger partial charge in [-0.3, -0.25) is 9.59 Å². The molecule has 0 spiro atoms. The molecule has 2 aromatic carbocycles. The van der Waals surface area contributed by atoms with Crippen LogP contribution >= 0.6 is 11.8 Å². The smallest absolute Gasteiger partial charge is 0.227 e. The molecule has 0 saturated heterocycles. The Morgan fingerprint density at radius 3 is 2.68 bits per heavy atom. The lowest BCUT2D eigenvalue weighted by Crippen LogP contribution is -2.15. The van der Waals surface area contributed by atoms with E-state index in [9.17, 15) is 14.0 Å². The summed E-state index contributed by atoms with van der Waals surface area (Å²) in [6, 6.07) is 13.4. The van der Waals surface area contributed by atoms with Crippen molar-refractivity contribution in [1.82, 2.24) is 4.98 Å². The minimum Gasteiger partial charge on any atom is -0.441 e. The molecule has 28 heavy (non-hydrogen) atoms. The number of hydrogen-bond donors (Lipinski definition) is 2. The predicted molar refractivity (Wildman–Crippen MR) is 105 cm³/mol. The molecule has 0 aliphatic rings. The molecule has 6 nitrogen and oxygen atoms in total. The molecule has 3 rings (SSSR count). The van der Waals surface area contributed by atoms with Gasteiger partial charge in [0.25, 0.3) is 0 Å². The SMILES string of the molecule is NC(=O)CSc1ccccc1NC(=O)CCc1ncc(-c2ccccc2F)o1. The number of carbonyl (C=O) groups is 2. The van der Waals surface area contributed by atoms with Crippen LogP contribution in [-0.2, 0) is 16.0 Å². The number of nitrogens with two attached hydrogens (primary N) is 1. The van der Waals surface area contributed by atoms with Crippen LogP contribution in [0.1, 0.15) is 12.3 Å². The Bertz CT molecular complexity index is 990. The van der Waals surface area contributed by atoms with Gasteiger partial charge in [0, 0.05) is 17.7 Å². The summed E-state index contributed by atoms with van der Waals surface area (Å²) in [5.41, 5.74) is 6.10. The van der Waals surface area contributed by atoms with E-state index in [0.717, 1.165) is 4.90 Å².